The van der Waals surface area contributed by atoms with E-state index < -0.39 is 0 Å². The number of fused-ring (bicyclic) bond motifs is 7. The molecule has 2 aliphatic carbocycles. The lowest BCUT2D eigenvalue weighted by Crippen LogP contribution is -2.26. The topological polar surface area (TPSA) is 0 Å². The standard InChI is InChI=1S/C22H20S3/c1-2-15(23-10-1)5-6-16-12-14-4-8-18-19-17(20(18)22(14)25-16)7-3-13-9-11-24-21(13)19/h1-4,7-8,10,16-17,19H,5-6,9,11-12H2. The molecule has 0 amide bonds. The van der Waals surface area contributed by atoms with Gasteiger partial charge in [0.25, 0.3) is 0 Å². The first-order chi connectivity index (χ1) is 12.4. The lowest BCUT2D eigenvalue weighted by atomic mass is 9.64. The van der Waals surface area contributed by atoms with Crippen molar-refractivity contribution in [1.29, 1.82) is 0 Å². The number of benzene rings is 1. The van der Waals surface area contributed by atoms with Crippen LogP contribution in [0.5, 0.6) is 0 Å². The van der Waals surface area contributed by atoms with Gasteiger partial charge < -0.3 is 0 Å². The van der Waals surface area contributed by atoms with Gasteiger partial charge in [0.2, 0.25) is 0 Å². The average Bonchev–Trinajstić information content (AvgIpc) is 3.34. The molecule has 3 unspecified atom stereocenters. The van der Waals surface area contributed by atoms with E-state index in [1.165, 1.54) is 36.3 Å². The molecule has 3 heterocycles. The quantitative estimate of drug-likeness (QED) is 0.593. The zero-order valence-electron chi connectivity index (χ0n) is 14.0. The summed E-state index contributed by atoms with van der Waals surface area (Å²) >= 11 is 6.20. The first-order valence-corrected chi connectivity index (χ1v) is 12.0. The van der Waals surface area contributed by atoms with Crippen molar-refractivity contribution in [3.05, 3.63) is 73.8 Å². The van der Waals surface area contributed by atoms with Gasteiger partial charge in [0.1, 0.15) is 0 Å². The molecule has 4 aliphatic rings. The smallest absolute Gasteiger partial charge is 0.0259 e. The largest absolute Gasteiger partial charge is 0.149 e. The van der Waals surface area contributed by atoms with Gasteiger partial charge in [0, 0.05) is 32.6 Å². The van der Waals surface area contributed by atoms with E-state index in [0.29, 0.717) is 11.8 Å². The van der Waals surface area contributed by atoms with Crippen molar-refractivity contribution < 1.29 is 0 Å². The Morgan fingerprint density at radius 2 is 2.16 bits per heavy atom. The van der Waals surface area contributed by atoms with Crippen LogP contribution in [0.3, 0.4) is 0 Å². The molecule has 1 aromatic heterocycles. The molecule has 0 spiro atoms. The molecule has 0 N–H and O–H groups in total. The highest BCUT2D eigenvalue weighted by Gasteiger charge is 2.45. The second-order valence-electron chi connectivity index (χ2n) is 7.47. The molecular weight excluding hydrogens is 360 g/mol. The van der Waals surface area contributed by atoms with Gasteiger partial charge in [-0.05, 0) is 64.3 Å². The molecule has 0 radical (unpaired) electrons. The number of allylic oxidation sites excluding steroid dienone is 4. The van der Waals surface area contributed by atoms with Crippen molar-refractivity contribution in [3.63, 3.8) is 0 Å². The molecule has 3 atom stereocenters. The van der Waals surface area contributed by atoms with Crippen molar-refractivity contribution in [3.8, 4) is 0 Å². The van der Waals surface area contributed by atoms with E-state index in [2.05, 4.69) is 65.3 Å². The van der Waals surface area contributed by atoms with Gasteiger partial charge in [0.05, 0.1) is 0 Å². The molecule has 1 aromatic carbocycles. The van der Waals surface area contributed by atoms with E-state index in [1.807, 2.05) is 11.3 Å². The van der Waals surface area contributed by atoms with Gasteiger partial charge in [-0.15, -0.1) is 34.9 Å². The van der Waals surface area contributed by atoms with E-state index in [-0.39, 0.29) is 0 Å². The SMILES string of the molecule is C1=CC2c3c(ccc4c3SC(CCc3cccs3)C4)C2C2=C1CCS2. The molecule has 126 valence electrons. The summed E-state index contributed by atoms with van der Waals surface area (Å²) < 4.78 is 0. The first kappa shape index (κ1) is 15.2. The zero-order valence-corrected chi connectivity index (χ0v) is 16.5. The van der Waals surface area contributed by atoms with Crippen LogP contribution in [-0.4, -0.2) is 11.0 Å². The molecule has 0 saturated carbocycles. The van der Waals surface area contributed by atoms with Gasteiger partial charge in [-0.1, -0.05) is 30.4 Å². The van der Waals surface area contributed by atoms with Crippen molar-refractivity contribution >= 4 is 34.9 Å². The van der Waals surface area contributed by atoms with Gasteiger partial charge in [-0.3, -0.25) is 0 Å². The monoisotopic (exact) mass is 380 g/mol. The third kappa shape index (κ3) is 2.28. The number of hydrogen-bond acceptors (Lipinski definition) is 3. The molecule has 2 aromatic rings. The summed E-state index contributed by atoms with van der Waals surface area (Å²) in [5.74, 6) is 2.65. The molecule has 0 nitrogen and oxygen atoms in total. The fraction of sp³-hybridized carbons (Fsp3) is 0.364. The Labute approximate surface area is 161 Å². The fourth-order valence-electron chi connectivity index (χ4n) is 4.88. The first-order valence-electron chi connectivity index (χ1n) is 9.27. The van der Waals surface area contributed by atoms with Crippen molar-refractivity contribution in [1.82, 2.24) is 0 Å². The molecular formula is C22H20S3. The highest BCUT2D eigenvalue weighted by Crippen LogP contribution is 2.62. The average molecular weight is 381 g/mol. The second-order valence-corrected chi connectivity index (χ2v) is 10.9. The van der Waals surface area contributed by atoms with E-state index in [0.717, 1.165) is 5.25 Å². The summed E-state index contributed by atoms with van der Waals surface area (Å²) in [6.45, 7) is 0. The van der Waals surface area contributed by atoms with Crippen LogP contribution < -0.4 is 0 Å². The summed E-state index contributed by atoms with van der Waals surface area (Å²) in [6, 6.07) is 9.37. The Hall–Kier alpha value is -0.900. The number of rotatable bonds is 3. The third-order valence-corrected chi connectivity index (χ3v) is 9.72. The Morgan fingerprint density at radius 3 is 3.08 bits per heavy atom. The molecule has 0 saturated heterocycles. The predicted octanol–water partition coefficient (Wildman–Crippen LogP) is 6.54. The third-order valence-electron chi connectivity index (χ3n) is 6.10. The molecule has 25 heavy (non-hydrogen) atoms. The van der Waals surface area contributed by atoms with Crippen LogP contribution in [0.1, 0.15) is 46.2 Å². The second kappa shape index (κ2) is 5.80. The van der Waals surface area contributed by atoms with Gasteiger partial charge in [-0.25, -0.2) is 0 Å². The van der Waals surface area contributed by atoms with Crippen LogP contribution in [-0.2, 0) is 12.8 Å². The fourth-order valence-corrected chi connectivity index (χ4v) is 8.48. The highest BCUT2D eigenvalue weighted by atomic mass is 32.2. The number of thioether (sulfide) groups is 2. The lowest BCUT2D eigenvalue weighted by Gasteiger charge is -2.42. The van der Waals surface area contributed by atoms with Crippen LogP contribution in [0, 0.1) is 0 Å². The van der Waals surface area contributed by atoms with E-state index >= 15 is 0 Å². The Morgan fingerprint density at radius 1 is 1.16 bits per heavy atom. The molecule has 0 fully saturated rings. The van der Waals surface area contributed by atoms with E-state index in [4.69, 9.17) is 0 Å². The van der Waals surface area contributed by atoms with Crippen molar-refractivity contribution in [2.45, 2.75) is 47.7 Å². The van der Waals surface area contributed by atoms with Crippen molar-refractivity contribution in [2.75, 3.05) is 5.75 Å². The molecule has 0 bridgehead atoms. The maximum atomic E-state index is 2.51. The lowest BCUT2D eigenvalue weighted by molar-refractivity contribution is 0.607. The van der Waals surface area contributed by atoms with Gasteiger partial charge >= 0.3 is 0 Å². The minimum Gasteiger partial charge on any atom is -0.149 e. The maximum Gasteiger partial charge on any atom is 0.0259 e. The Bertz CT molecular complexity index is 904. The van der Waals surface area contributed by atoms with Crippen LogP contribution in [0.25, 0.3) is 0 Å². The van der Waals surface area contributed by atoms with Crippen LogP contribution >= 0.6 is 34.9 Å². The van der Waals surface area contributed by atoms with Crippen molar-refractivity contribution in [2.24, 2.45) is 0 Å². The number of hydrogen-bond donors (Lipinski definition) is 0. The number of thiophene rings is 1. The number of aryl methyl sites for hydroxylation is 1. The van der Waals surface area contributed by atoms with Crippen LogP contribution in [0.4, 0.5) is 0 Å². The predicted molar refractivity (Wildman–Crippen MR) is 111 cm³/mol. The van der Waals surface area contributed by atoms with Gasteiger partial charge in [-0.2, -0.15) is 0 Å². The van der Waals surface area contributed by atoms with E-state index in [9.17, 15) is 0 Å². The highest BCUT2D eigenvalue weighted by molar-refractivity contribution is 8.03. The summed E-state index contributed by atoms with van der Waals surface area (Å²) in [5.41, 5.74) is 6.56. The van der Waals surface area contributed by atoms with Crippen LogP contribution in [0.2, 0.25) is 0 Å². The Kier molecular flexibility index (Phi) is 3.52. The van der Waals surface area contributed by atoms with Gasteiger partial charge in [0.15, 0.2) is 0 Å². The molecule has 2 aliphatic heterocycles. The summed E-state index contributed by atoms with van der Waals surface area (Å²) in [7, 11) is 0. The summed E-state index contributed by atoms with van der Waals surface area (Å²) in [5, 5.41) is 2.97. The van der Waals surface area contributed by atoms with E-state index in [1.54, 1.807) is 32.1 Å². The minimum atomic E-state index is 0.665. The zero-order chi connectivity index (χ0) is 16.4. The normalized spacial score (nSPS) is 28.4. The summed E-state index contributed by atoms with van der Waals surface area (Å²) in [4.78, 5) is 4.88. The minimum absolute atomic E-state index is 0.665. The summed E-state index contributed by atoms with van der Waals surface area (Å²) in [6.07, 6.45) is 10.0. The van der Waals surface area contributed by atoms with Crippen LogP contribution in [0.15, 0.2) is 57.2 Å². The molecule has 6 rings (SSSR count). The maximum absolute atomic E-state index is 2.51. The molecule has 3 heteroatoms. The Balaban J connectivity index is 1.27.